The minimum atomic E-state index is 0.157. The Hall–Kier alpha value is -0.120. The Kier molecular flexibility index (Phi) is 4.28. The van der Waals surface area contributed by atoms with E-state index >= 15 is 0 Å². The second-order valence-corrected chi connectivity index (χ2v) is 9.98. The van der Waals surface area contributed by atoms with E-state index in [0.29, 0.717) is 12.2 Å². The van der Waals surface area contributed by atoms with Crippen LogP contribution in [0.5, 0.6) is 0 Å². The molecule has 0 amide bonds. The molecule has 21 heavy (non-hydrogen) atoms. The van der Waals surface area contributed by atoms with Crippen molar-refractivity contribution in [3.8, 4) is 0 Å². The predicted octanol–water partition coefficient (Wildman–Crippen LogP) is 3.62. The van der Waals surface area contributed by atoms with Crippen LogP contribution in [0.2, 0.25) is 0 Å². The molecule has 2 aliphatic heterocycles. The average Bonchev–Trinajstić information content (AvgIpc) is 2.04. The third-order valence-corrected chi connectivity index (χ3v) is 4.69. The molecule has 0 aromatic heterocycles. The largest absolute Gasteiger partial charge is 0.375 e. The Morgan fingerprint density at radius 3 is 1.05 bits per heavy atom. The van der Waals surface area contributed by atoms with Gasteiger partial charge >= 0.3 is 0 Å². The van der Waals surface area contributed by atoms with E-state index in [-0.39, 0.29) is 22.2 Å². The highest BCUT2D eigenvalue weighted by Gasteiger charge is 2.42. The normalized spacial score (nSPS) is 32.0. The van der Waals surface area contributed by atoms with Crippen LogP contribution >= 0.6 is 0 Å². The van der Waals surface area contributed by atoms with E-state index in [1.54, 1.807) is 0 Å². The van der Waals surface area contributed by atoms with Crippen LogP contribution in [0.25, 0.3) is 0 Å². The SMILES string of the molecule is CC1(C)CC(OC2CC(C)(C)NC(C)(C)C2)CC(C)(C)N1. The second-order valence-electron chi connectivity index (χ2n) is 9.98. The summed E-state index contributed by atoms with van der Waals surface area (Å²) in [6.45, 7) is 18.3. The highest BCUT2D eigenvalue weighted by Crippen LogP contribution is 2.35. The van der Waals surface area contributed by atoms with Gasteiger partial charge in [-0.3, -0.25) is 0 Å². The van der Waals surface area contributed by atoms with Crippen LogP contribution in [0.4, 0.5) is 0 Å². The lowest BCUT2D eigenvalue weighted by Gasteiger charge is -2.50. The van der Waals surface area contributed by atoms with Gasteiger partial charge in [0.2, 0.25) is 0 Å². The highest BCUT2D eigenvalue weighted by atomic mass is 16.5. The minimum absolute atomic E-state index is 0.157. The molecule has 2 N–H and O–H groups in total. The lowest BCUT2D eigenvalue weighted by Crippen LogP contribution is -2.62. The first kappa shape index (κ1) is 17.2. The maximum absolute atomic E-state index is 6.59. The van der Waals surface area contributed by atoms with E-state index in [0.717, 1.165) is 25.7 Å². The number of nitrogens with one attached hydrogen (secondary N) is 2. The summed E-state index contributed by atoms with van der Waals surface area (Å²) in [7, 11) is 0. The molecule has 2 saturated heterocycles. The monoisotopic (exact) mass is 296 g/mol. The molecule has 0 aromatic rings. The summed E-state index contributed by atoms with van der Waals surface area (Å²) in [4.78, 5) is 0. The van der Waals surface area contributed by atoms with Crippen molar-refractivity contribution >= 4 is 0 Å². The third kappa shape index (κ3) is 4.94. The van der Waals surface area contributed by atoms with E-state index < -0.39 is 0 Å². The smallest absolute Gasteiger partial charge is 0.0613 e. The van der Waals surface area contributed by atoms with E-state index in [9.17, 15) is 0 Å². The Morgan fingerprint density at radius 2 is 0.810 bits per heavy atom. The Balaban J connectivity index is 2.03. The Labute approximate surface area is 131 Å². The highest BCUT2D eigenvalue weighted by molar-refractivity contribution is 5.01. The van der Waals surface area contributed by atoms with Crippen LogP contribution in [-0.2, 0) is 4.74 Å². The molecular weight excluding hydrogens is 260 g/mol. The number of rotatable bonds is 2. The first-order valence-electron chi connectivity index (χ1n) is 8.52. The predicted molar refractivity (Wildman–Crippen MR) is 89.7 cm³/mol. The second kappa shape index (κ2) is 5.21. The number of hydrogen-bond donors (Lipinski definition) is 2. The molecule has 2 aliphatic rings. The summed E-state index contributed by atoms with van der Waals surface area (Å²) in [5.41, 5.74) is 0.628. The molecule has 124 valence electrons. The zero-order valence-electron chi connectivity index (χ0n) is 15.4. The van der Waals surface area contributed by atoms with Crippen molar-refractivity contribution in [2.24, 2.45) is 0 Å². The number of hydrogen-bond acceptors (Lipinski definition) is 3. The fourth-order valence-corrected chi connectivity index (χ4v) is 4.92. The summed E-state index contributed by atoms with van der Waals surface area (Å²) < 4.78 is 6.59. The van der Waals surface area contributed by atoms with Crippen LogP contribution in [0, 0.1) is 0 Å². The van der Waals surface area contributed by atoms with Crippen molar-refractivity contribution in [2.75, 3.05) is 0 Å². The summed E-state index contributed by atoms with van der Waals surface area (Å²) in [5, 5.41) is 7.48. The molecular formula is C18H36N2O. The number of piperidine rings is 2. The van der Waals surface area contributed by atoms with Crippen molar-refractivity contribution in [1.82, 2.24) is 10.6 Å². The summed E-state index contributed by atoms with van der Waals surface area (Å²) >= 11 is 0. The van der Waals surface area contributed by atoms with Gasteiger partial charge in [0.15, 0.2) is 0 Å². The average molecular weight is 296 g/mol. The van der Waals surface area contributed by atoms with E-state index in [4.69, 9.17) is 4.74 Å². The molecule has 3 nitrogen and oxygen atoms in total. The maximum Gasteiger partial charge on any atom is 0.0613 e. The van der Waals surface area contributed by atoms with E-state index in [2.05, 4.69) is 66.0 Å². The van der Waals surface area contributed by atoms with Crippen molar-refractivity contribution in [2.45, 2.75) is 115 Å². The van der Waals surface area contributed by atoms with Gasteiger partial charge in [-0.2, -0.15) is 0 Å². The van der Waals surface area contributed by atoms with Crippen molar-refractivity contribution in [3.05, 3.63) is 0 Å². The fraction of sp³-hybridized carbons (Fsp3) is 1.00. The van der Waals surface area contributed by atoms with Crippen molar-refractivity contribution < 1.29 is 4.74 Å². The summed E-state index contributed by atoms with van der Waals surface area (Å²) in [6, 6.07) is 0. The van der Waals surface area contributed by atoms with E-state index in [1.807, 2.05) is 0 Å². The van der Waals surface area contributed by atoms with Gasteiger partial charge in [0.05, 0.1) is 12.2 Å². The fourth-order valence-electron chi connectivity index (χ4n) is 4.92. The van der Waals surface area contributed by atoms with Crippen LogP contribution in [0.3, 0.4) is 0 Å². The molecule has 2 rings (SSSR count). The molecule has 0 unspecified atom stereocenters. The van der Waals surface area contributed by atoms with Crippen molar-refractivity contribution in [1.29, 1.82) is 0 Å². The molecule has 0 atom stereocenters. The van der Waals surface area contributed by atoms with Gasteiger partial charge in [-0.25, -0.2) is 0 Å². The van der Waals surface area contributed by atoms with Gasteiger partial charge in [0, 0.05) is 22.2 Å². The molecule has 0 aliphatic carbocycles. The lowest BCUT2D eigenvalue weighted by molar-refractivity contribution is -0.0968. The standard InChI is InChI=1S/C18H36N2O/c1-15(2)9-13(10-16(3,4)19-15)21-14-11-17(5,6)20-18(7,8)12-14/h13-14,19-20H,9-12H2,1-8H3. The van der Waals surface area contributed by atoms with Gasteiger partial charge in [0.25, 0.3) is 0 Å². The Morgan fingerprint density at radius 1 is 0.571 bits per heavy atom. The van der Waals surface area contributed by atoms with Gasteiger partial charge < -0.3 is 15.4 Å². The lowest BCUT2D eigenvalue weighted by atomic mass is 9.79. The van der Waals surface area contributed by atoms with Crippen molar-refractivity contribution in [3.63, 3.8) is 0 Å². The molecule has 2 fully saturated rings. The van der Waals surface area contributed by atoms with Crippen LogP contribution in [-0.4, -0.2) is 34.4 Å². The molecule has 0 saturated carbocycles. The first-order chi connectivity index (χ1) is 9.28. The molecule has 0 spiro atoms. The molecule has 3 heteroatoms. The van der Waals surface area contributed by atoms with Gasteiger partial charge in [-0.1, -0.05) is 0 Å². The van der Waals surface area contributed by atoms with Gasteiger partial charge in [-0.15, -0.1) is 0 Å². The summed E-state index contributed by atoms with van der Waals surface area (Å²) in [6.07, 6.45) is 5.13. The first-order valence-corrected chi connectivity index (χ1v) is 8.52. The zero-order chi connectivity index (χ0) is 16.1. The maximum atomic E-state index is 6.59. The molecule has 0 radical (unpaired) electrons. The van der Waals surface area contributed by atoms with Gasteiger partial charge in [0.1, 0.15) is 0 Å². The number of ether oxygens (including phenoxy) is 1. The quantitative estimate of drug-likeness (QED) is 0.816. The molecule has 0 aromatic carbocycles. The van der Waals surface area contributed by atoms with Crippen LogP contribution < -0.4 is 10.6 Å². The van der Waals surface area contributed by atoms with Crippen LogP contribution in [0.15, 0.2) is 0 Å². The zero-order valence-corrected chi connectivity index (χ0v) is 15.4. The minimum Gasteiger partial charge on any atom is -0.375 e. The van der Waals surface area contributed by atoms with Crippen LogP contribution in [0.1, 0.15) is 81.1 Å². The third-order valence-electron chi connectivity index (χ3n) is 4.69. The van der Waals surface area contributed by atoms with Gasteiger partial charge in [-0.05, 0) is 81.1 Å². The molecule has 0 bridgehead atoms. The topological polar surface area (TPSA) is 33.3 Å². The summed E-state index contributed by atoms with van der Waals surface area (Å²) in [5.74, 6) is 0. The molecule has 2 heterocycles. The van der Waals surface area contributed by atoms with E-state index in [1.165, 1.54) is 0 Å². The Bertz CT molecular complexity index is 317.